The largest absolute Gasteiger partial charge is 0.383 e. The van der Waals surface area contributed by atoms with Gasteiger partial charge in [0.15, 0.2) is 0 Å². The summed E-state index contributed by atoms with van der Waals surface area (Å²) in [5.74, 6) is 0. The third-order valence-electron chi connectivity index (χ3n) is 4.78. The Balaban J connectivity index is 2.07. The van der Waals surface area contributed by atoms with Gasteiger partial charge in [-0.1, -0.05) is 6.42 Å². The lowest BCUT2D eigenvalue weighted by Crippen LogP contribution is -2.67. The van der Waals surface area contributed by atoms with Crippen molar-refractivity contribution in [3.8, 4) is 0 Å². The quantitative estimate of drug-likeness (QED) is 0.811. The standard InChI is InChI=1S/C14H29N3O/c1-12-8-16-7-5-4-6-13(16)9-17(12)14(2,10-15)11-18-3/h12-13H,4-11,15H2,1-3H3. The van der Waals surface area contributed by atoms with Gasteiger partial charge in [-0.3, -0.25) is 9.80 Å². The Bertz CT molecular complexity index is 274. The van der Waals surface area contributed by atoms with Crippen molar-refractivity contribution in [2.75, 3.05) is 39.9 Å². The fraction of sp³-hybridized carbons (Fsp3) is 1.00. The molecule has 2 fully saturated rings. The molecule has 0 aromatic heterocycles. The lowest BCUT2D eigenvalue weighted by molar-refractivity contribution is -0.0629. The number of methoxy groups -OCH3 is 1. The van der Waals surface area contributed by atoms with Gasteiger partial charge >= 0.3 is 0 Å². The van der Waals surface area contributed by atoms with Gasteiger partial charge < -0.3 is 10.5 Å². The van der Waals surface area contributed by atoms with Gasteiger partial charge in [-0.15, -0.1) is 0 Å². The van der Waals surface area contributed by atoms with Crippen LogP contribution in [0.2, 0.25) is 0 Å². The molecule has 2 saturated heterocycles. The van der Waals surface area contributed by atoms with Crippen LogP contribution in [-0.2, 0) is 4.74 Å². The zero-order chi connectivity index (χ0) is 13.2. The van der Waals surface area contributed by atoms with E-state index in [1.54, 1.807) is 7.11 Å². The average Bonchev–Trinajstić information content (AvgIpc) is 2.38. The van der Waals surface area contributed by atoms with Crippen LogP contribution in [0, 0.1) is 0 Å². The number of ether oxygens (including phenoxy) is 1. The summed E-state index contributed by atoms with van der Waals surface area (Å²) in [5.41, 5.74) is 6.00. The Morgan fingerprint density at radius 2 is 2.11 bits per heavy atom. The summed E-state index contributed by atoms with van der Waals surface area (Å²) >= 11 is 0. The highest BCUT2D eigenvalue weighted by Crippen LogP contribution is 2.28. The van der Waals surface area contributed by atoms with Crippen molar-refractivity contribution in [3.63, 3.8) is 0 Å². The maximum atomic E-state index is 6.02. The highest BCUT2D eigenvalue weighted by atomic mass is 16.5. The third-order valence-corrected chi connectivity index (χ3v) is 4.78. The van der Waals surface area contributed by atoms with E-state index in [0.29, 0.717) is 12.6 Å². The second kappa shape index (κ2) is 5.87. The molecule has 2 rings (SSSR count). The lowest BCUT2D eigenvalue weighted by atomic mass is 9.91. The van der Waals surface area contributed by atoms with Gasteiger partial charge in [-0.05, 0) is 33.2 Å². The van der Waals surface area contributed by atoms with E-state index in [-0.39, 0.29) is 5.54 Å². The lowest BCUT2D eigenvalue weighted by Gasteiger charge is -2.53. The minimum atomic E-state index is -0.0162. The Morgan fingerprint density at radius 1 is 1.33 bits per heavy atom. The molecule has 2 N–H and O–H groups in total. The van der Waals surface area contributed by atoms with Crippen LogP contribution in [0.25, 0.3) is 0 Å². The molecule has 0 amide bonds. The molecule has 2 heterocycles. The van der Waals surface area contributed by atoms with Crippen LogP contribution in [0.5, 0.6) is 0 Å². The van der Waals surface area contributed by atoms with Crippen LogP contribution < -0.4 is 5.73 Å². The summed E-state index contributed by atoms with van der Waals surface area (Å²) in [4.78, 5) is 5.26. The maximum absolute atomic E-state index is 6.02. The fourth-order valence-electron chi connectivity index (χ4n) is 3.67. The van der Waals surface area contributed by atoms with E-state index < -0.39 is 0 Å². The van der Waals surface area contributed by atoms with Crippen molar-refractivity contribution < 1.29 is 4.74 Å². The number of nitrogens with two attached hydrogens (primary N) is 1. The summed E-state index contributed by atoms with van der Waals surface area (Å²) in [6, 6.07) is 1.31. The Morgan fingerprint density at radius 3 is 2.78 bits per heavy atom. The summed E-state index contributed by atoms with van der Waals surface area (Å²) in [6.45, 7) is 9.58. The first-order chi connectivity index (χ1) is 8.60. The predicted molar refractivity (Wildman–Crippen MR) is 74.7 cm³/mol. The predicted octanol–water partition coefficient (Wildman–Crippen LogP) is 0.909. The Labute approximate surface area is 111 Å². The smallest absolute Gasteiger partial charge is 0.0656 e. The zero-order valence-electron chi connectivity index (χ0n) is 12.2. The first-order valence-corrected chi connectivity index (χ1v) is 7.30. The molecule has 0 aromatic carbocycles. The highest BCUT2D eigenvalue weighted by Gasteiger charge is 2.41. The van der Waals surface area contributed by atoms with Gasteiger partial charge in [-0.25, -0.2) is 0 Å². The number of nitrogens with zero attached hydrogens (tertiary/aromatic N) is 2. The van der Waals surface area contributed by atoms with E-state index >= 15 is 0 Å². The molecule has 106 valence electrons. The van der Waals surface area contributed by atoms with E-state index in [2.05, 4.69) is 23.6 Å². The second-order valence-corrected chi connectivity index (χ2v) is 6.28. The van der Waals surface area contributed by atoms with Crippen LogP contribution in [0.1, 0.15) is 33.1 Å². The summed E-state index contributed by atoms with van der Waals surface area (Å²) < 4.78 is 5.40. The molecule has 0 aromatic rings. The van der Waals surface area contributed by atoms with E-state index in [0.717, 1.165) is 19.2 Å². The molecule has 0 bridgehead atoms. The number of rotatable bonds is 4. The van der Waals surface area contributed by atoms with Crippen molar-refractivity contribution in [2.24, 2.45) is 5.73 Å². The highest BCUT2D eigenvalue weighted by molar-refractivity contribution is 4.98. The average molecular weight is 255 g/mol. The van der Waals surface area contributed by atoms with E-state index in [1.807, 2.05) is 0 Å². The number of piperidine rings is 1. The molecule has 4 nitrogen and oxygen atoms in total. The first-order valence-electron chi connectivity index (χ1n) is 7.30. The van der Waals surface area contributed by atoms with Crippen LogP contribution in [-0.4, -0.2) is 67.3 Å². The zero-order valence-corrected chi connectivity index (χ0v) is 12.2. The van der Waals surface area contributed by atoms with Gasteiger partial charge in [0.05, 0.1) is 12.1 Å². The molecular weight excluding hydrogens is 226 g/mol. The van der Waals surface area contributed by atoms with Gasteiger partial charge in [-0.2, -0.15) is 0 Å². The maximum Gasteiger partial charge on any atom is 0.0656 e. The molecule has 18 heavy (non-hydrogen) atoms. The van der Waals surface area contributed by atoms with Gasteiger partial charge in [0, 0.05) is 38.8 Å². The molecule has 0 aliphatic carbocycles. The molecule has 3 unspecified atom stereocenters. The van der Waals surface area contributed by atoms with Crippen molar-refractivity contribution in [3.05, 3.63) is 0 Å². The molecule has 4 heteroatoms. The SMILES string of the molecule is COCC(C)(CN)N1CC2CCCCN2CC1C. The van der Waals surface area contributed by atoms with Crippen LogP contribution in [0.15, 0.2) is 0 Å². The molecule has 2 aliphatic heterocycles. The molecule has 2 aliphatic rings. The molecule has 0 radical (unpaired) electrons. The second-order valence-electron chi connectivity index (χ2n) is 6.28. The normalized spacial score (nSPS) is 34.0. The molecular formula is C14H29N3O. The van der Waals surface area contributed by atoms with Crippen molar-refractivity contribution in [1.29, 1.82) is 0 Å². The Hall–Kier alpha value is -0.160. The minimum Gasteiger partial charge on any atom is -0.383 e. The first kappa shape index (κ1) is 14.3. The molecule has 0 spiro atoms. The fourth-order valence-corrected chi connectivity index (χ4v) is 3.67. The monoisotopic (exact) mass is 255 g/mol. The van der Waals surface area contributed by atoms with Gasteiger partial charge in [0.1, 0.15) is 0 Å². The summed E-state index contributed by atoms with van der Waals surface area (Å²) in [6.07, 6.45) is 4.10. The number of piperazine rings is 1. The minimum absolute atomic E-state index is 0.0162. The van der Waals surface area contributed by atoms with Crippen LogP contribution >= 0.6 is 0 Å². The summed E-state index contributed by atoms with van der Waals surface area (Å²) in [7, 11) is 1.77. The van der Waals surface area contributed by atoms with Crippen molar-refractivity contribution >= 4 is 0 Å². The van der Waals surface area contributed by atoms with E-state index in [4.69, 9.17) is 10.5 Å². The van der Waals surface area contributed by atoms with Crippen LogP contribution in [0.3, 0.4) is 0 Å². The molecule has 3 atom stereocenters. The third kappa shape index (κ3) is 2.72. The van der Waals surface area contributed by atoms with Gasteiger partial charge in [0.25, 0.3) is 0 Å². The van der Waals surface area contributed by atoms with Crippen molar-refractivity contribution in [1.82, 2.24) is 9.80 Å². The number of hydrogen-bond donors (Lipinski definition) is 1. The summed E-state index contributed by atoms with van der Waals surface area (Å²) in [5, 5.41) is 0. The Kier molecular flexibility index (Phi) is 4.64. The number of fused-ring (bicyclic) bond motifs is 1. The number of hydrogen-bond acceptors (Lipinski definition) is 4. The van der Waals surface area contributed by atoms with E-state index in [9.17, 15) is 0 Å². The van der Waals surface area contributed by atoms with Crippen molar-refractivity contribution in [2.45, 2.75) is 50.7 Å². The van der Waals surface area contributed by atoms with E-state index in [1.165, 1.54) is 32.4 Å². The van der Waals surface area contributed by atoms with Crippen LogP contribution in [0.4, 0.5) is 0 Å². The topological polar surface area (TPSA) is 41.7 Å². The molecule has 0 saturated carbocycles. The van der Waals surface area contributed by atoms with Gasteiger partial charge in [0.2, 0.25) is 0 Å².